The maximum atomic E-state index is 12.2. The van der Waals surface area contributed by atoms with Crippen molar-refractivity contribution in [2.75, 3.05) is 18.4 Å². The van der Waals surface area contributed by atoms with Crippen molar-refractivity contribution in [2.45, 2.75) is 39.7 Å². The standard InChI is InChI=1S/C19H24ClN3O/c1-12(2)19(24)23-8-4-5-15(11-23)21-18-9-13(3)16-7-6-14(20)10-17(16)22-18/h6-7,9-10,12,15H,4-5,8,11H2,1-3H3,(H,21,22). The van der Waals surface area contributed by atoms with E-state index in [2.05, 4.69) is 18.3 Å². The van der Waals surface area contributed by atoms with Crippen molar-refractivity contribution >= 4 is 34.2 Å². The van der Waals surface area contributed by atoms with Gasteiger partial charge in [0.1, 0.15) is 5.82 Å². The first kappa shape index (κ1) is 17.0. The van der Waals surface area contributed by atoms with E-state index >= 15 is 0 Å². The highest BCUT2D eigenvalue weighted by atomic mass is 35.5. The molecular weight excluding hydrogens is 322 g/mol. The number of pyridine rings is 1. The second-order valence-electron chi connectivity index (χ2n) is 6.91. The average Bonchev–Trinajstić information content (AvgIpc) is 2.53. The number of nitrogens with zero attached hydrogens (tertiary/aromatic N) is 2. The molecule has 1 saturated heterocycles. The fourth-order valence-electron chi connectivity index (χ4n) is 3.32. The van der Waals surface area contributed by atoms with E-state index in [1.54, 1.807) is 0 Å². The Morgan fingerprint density at radius 3 is 2.92 bits per heavy atom. The summed E-state index contributed by atoms with van der Waals surface area (Å²) < 4.78 is 0. The number of hydrogen-bond acceptors (Lipinski definition) is 3. The molecule has 1 aliphatic heterocycles. The summed E-state index contributed by atoms with van der Waals surface area (Å²) in [5.41, 5.74) is 2.07. The molecule has 0 bridgehead atoms. The number of benzene rings is 1. The second-order valence-corrected chi connectivity index (χ2v) is 7.34. The van der Waals surface area contributed by atoms with E-state index in [0.29, 0.717) is 5.02 Å². The lowest BCUT2D eigenvalue weighted by Crippen LogP contribution is -2.46. The zero-order chi connectivity index (χ0) is 17.3. The summed E-state index contributed by atoms with van der Waals surface area (Å²) in [5.74, 6) is 1.13. The first-order chi connectivity index (χ1) is 11.4. The molecular formula is C19H24ClN3O. The summed E-state index contributed by atoms with van der Waals surface area (Å²) in [6.45, 7) is 7.59. The van der Waals surface area contributed by atoms with Crippen LogP contribution in [0.5, 0.6) is 0 Å². The zero-order valence-electron chi connectivity index (χ0n) is 14.5. The first-order valence-electron chi connectivity index (χ1n) is 8.56. The largest absolute Gasteiger partial charge is 0.366 e. The Kier molecular flexibility index (Phi) is 4.95. The number of nitrogens with one attached hydrogen (secondary N) is 1. The Morgan fingerprint density at radius 2 is 2.17 bits per heavy atom. The molecule has 1 amide bonds. The summed E-state index contributed by atoms with van der Waals surface area (Å²) in [6.07, 6.45) is 2.07. The molecule has 1 N–H and O–H groups in total. The summed E-state index contributed by atoms with van der Waals surface area (Å²) in [5, 5.41) is 5.32. The van der Waals surface area contributed by atoms with E-state index < -0.39 is 0 Å². The maximum Gasteiger partial charge on any atom is 0.225 e. The lowest BCUT2D eigenvalue weighted by atomic mass is 10.0. The molecule has 3 rings (SSSR count). The molecule has 5 heteroatoms. The predicted molar refractivity (Wildman–Crippen MR) is 99.6 cm³/mol. The van der Waals surface area contributed by atoms with Crippen LogP contribution in [0, 0.1) is 12.8 Å². The number of piperidine rings is 1. The Balaban J connectivity index is 1.78. The number of halogens is 1. The molecule has 1 aliphatic rings. The van der Waals surface area contributed by atoms with Crippen molar-refractivity contribution in [3.05, 3.63) is 34.9 Å². The minimum absolute atomic E-state index is 0.0481. The van der Waals surface area contributed by atoms with Crippen LogP contribution in [0.1, 0.15) is 32.3 Å². The number of carbonyl (C=O) groups is 1. The van der Waals surface area contributed by atoms with Crippen LogP contribution >= 0.6 is 11.6 Å². The van der Waals surface area contributed by atoms with Gasteiger partial charge in [0.25, 0.3) is 0 Å². The van der Waals surface area contributed by atoms with E-state index in [0.717, 1.165) is 42.7 Å². The molecule has 1 aromatic heterocycles. The van der Waals surface area contributed by atoms with E-state index in [1.807, 2.05) is 36.9 Å². The fourth-order valence-corrected chi connectivity index (χ4v) is 3.49. The third-order valence-electron chi connectivity index (χ3n) is 4.56. The van der Waals surface area contributed by atoms with Crippen LogP contribution < -0.4 is 5.32 Å². The zero-order valence-corrected chi connectivity index (χ0v) is 15.2. The molecule has 24 heavy (non-hydrogen) atoms. The van der Waals surface area contributed by atoms with Gasteiger partial charge in [0.05, 0.1) is 5.52 Å². The van der Waals surface area contributed by atoms with Crippen molar-refractivity contribution in [1.29, 1.82) is 0 Å². The maximum absolute atomic E-state index is 12.2. The van der Waals surface area contributed by atoms with Gasteiger partial charge < -0.3 is 10.2 Å². The SMILES string of the molecule is Cc1cc(NC2CCCN(C(=O)C(C)C)C2)nc2cc(Cl)ccc12. The quantitative estimate of drug-likeness (QED) is 0.904. The number of carbonyl (C=O) groups excluding carboxylic acids is 1. The van der Waals surface area contributed by atoms with Crippen LogP contribution in [-0.4, -0.2) is 34.9 Å². The highest BCUT2D eigenvalue weighted by Crippen LogP contribution is 2.24. The minimum Gasteiger partial charge on any atom is -0.366 e. The van der Waals surface area contributed by atoms with Gasteiger partial charge in [-0.25, -0.2) is 4.98 Å². The Bertz CT molecular complexity index is 760. The first-order valence-corrected chi connectivity index (χ1v) is 8.94. The molecule has 2 heterocycles. The van der Waals surface area contributed by atoms with Gasteiger partial charge in [-0.15, -0.1) is 0 Å². The van der Waals surface area contributed by atoms with Gasteiger partial charge in [0, 0.05) is 35.5 Å². The molecule has 1 atom stereocenters. The van der Waals surface area contributed by atoms with Crippen LogP contribution in [0.25, 0.3) is 10.9 Å². The van der Waals surface area contributed by atoms with Gasteiger partial charge in [0.2, 0.25) is 5.91 Å². The molecule has 1 unspecified atom stereocenters. The predicted octanol–water partition coefficient (Wildman–Crippen LogP) is 4.26. The van der Waals surface area contributed by atoms with Gasteiger partial charge in [-0.3, -0.25) is 4.79 Å². The van der Waals surface area contributed by atoms with E-state index in [4.69, 9.17) is 16.6 Å². The minimum atomic E-state index is 0.0481. The number of fused-ring (bicyclic) bond motifs is 1. The van der Waals surface area contributed by atoms with Gasteiger partial charge in [0.15, 0.2) is 0 Å². The molecule has 0 radical (unpaired) electrons. The number of aromatic nitrogens is 1. The van der Waals surface area contributed by atoms with Gasteiger partial charge >= 0.3 is 0 Å². The molecule has 4 nitrogen and oxygen atoms in total. The highest BCUT2D eigenvalue weighted by Gasteiger charge is 2.25. The van der Waals surface area contributed by atoms with Crippen LogP contribution in [0.15, 0.2) is 24.3 Å². The molecule has 2 aromatic rings. The second kappa shape index (κ2) is 6.98. The molecule has 0 spiro atoms. The number of likely N-dealkylation sites (tertiary alicyclic amines) is 1. The Hall–Kier alpha value is -1.81. The number of aryl methyl sites for hydroxylation is 1. The number of amides is 1. The molecule has 0 aliphatic carbocycles. The molecule has 128 valence electrons. The van der Waals surface area contributed by atoms with E-state index in [-0.39, 0.29) is 17.9 Å². The Labute approximate surface area is 148 Å². The fraction of sp³-hybridized carbons (Fsp3) is 0.474. The van der Waals surface area contributed by atoms with Crippen molar-refractivity contribution in [2.24, 2.45) is 5.92 Å². The van der Waals surface area contributed by atoms with Crippen LogP contribution in [-0.2, 0) is 4.79 Å². The lowest BCUT2D eigenvalue weighted by Gasteiger charge is -2.34. The number of rotatable bonds is 3. The monoisotopic (exact) mass is 345 g/mol. The summed E-state index contributed by atoms with van der Waals surface area (Å²) >= 11 is 6.09. The summed E-state index contributed by atoms with van der Waals surface area (Å²) in [4.78, 5) is 18.9. The van der Waals surface area contributed by atoms with Crippen molar-refractivity contribution in [3.63, 3.8) is 0 Å². The summed E-state index contributed by atoms with van der Waals surface area (Å²) in [6, 6.07) is 8.10. The number of hydrogen-bond donors (Lipinski definition) is 1. The van der Waals surface area contributed by atoms with Crippen molar-refractivity contribution < 1.29 is 4.79 Å². The van der Waals surface area contributed by atoms with Crippen molar-refractivity contribution in [1.82, 2.24) is 9.88 Å². The smallest absolute Gasteiger partial charge is 0.225 e. The lowest BCUT2D eigenvalue weighted by molar-refractivity contribution is -0.135. The molecule has 1 aromatic carbocycles. The van der Waals surface area contributed by atoms with Crippen LogP contribution in [0.2, 0.25) is 5.02 Å². The van der Waals surface area contributed by atoms with E-state index in [1.165, 1.54) is 5.56 Å². The Morgan fingerprint density at radius 1 is 1.38 bits per heavy atom. The third kappa shape index (κ3) is 3.64. The van der Waals surface area contributed by atoms with Crippen molar-refractivity contribution in [3.8, 4) is 0 Å². The summed E-state index contributed by atoms with van der Waals surface area (Å²) in [7, 11) is 0. The molecule has 0 saturated carbocycles. The normalized spacial score (nSPS) is 18.2. The van der Waals surface area contributed by atoms with Gasteiger partial charge in [-0.2, -0.15) is 0 Å². The van der Waals surface area contributed by atoms with Gasteiger partial charge in [-0.1, -0.05) is 31.5 Å². The topological polar surface area (TPSA) is 45.2 Å². The van der Waals surface area contributed by atoms with Crippen LogP contribution in [0.4, 0.5) is 5.82 Å². The number of anilines is 1. The van der Waals surface area contributed by atoms with E-state index in [9.17, 15) is 4.79 Å². The average molecular weight is 346 g/mol. The molecule has 1 fully saturated rings. The van der Waals surface area contributed by atoms with Gasteiger partial charge in [-0.05, 0) is 43.5 Å². The highest BCUT2D eigenvalue weighted by molar-refractivity contribution is 6.31. The van der Waals surface area contributed by atoms with Crippen LogP contribution in [0.3, 0.4) is 0 Å². The third-order valence-corrected chi connectivity index (χ3v) is 4.79.